The van der Waals surface area contributed by atoms with E-state index >= 15 is 0 Å². The normalized spacial score (nSPS) is 10.7. The van der Waals surface area contributed by atoms with E-state index in [9.17, 15) is 4.79 Å². The third-order valence-corrected chi connectivity index (χ3v) is 2.31. The molecule has 0 aromatic heterocycles. The maximum absolute atomic E-state index is 10.4. The Hall–Kier alpha value is -1.05. The molecule has 0 atom stereocenters. The molecule has 2 heteroatoms. The summed E-state index contributed by atoms with van der Waals surface area (Å²) in [4.78, 5) is 10.4. The Labute approximate surface area is 92.7 Å². The molecule has 1 N–H and O–H groups in total. The van der Waals surface area contributed by atoms with Crippen LogP contribution >= 0.6 is 0 Å². The lowest BCUT2D eigenvalue weighted by Gasteiger charge is -1.96. The molecule has 0 aromatic rings. The van der Waals surface area contributed by atoms with Crippen LogP contribution in [0.1, 0.15) is 51.9 Å². The average molecular weight is 210 g/mol. The van der Waals surface area contributed by atoms with Gasteiger partial charge in [0, 0.05) is 5.57 Å². The van der Waals surface area contributed by atoms with Crippen molar-refractivity contribution in [2.75, 3.05) is 0 Å². The van der Waals surface area contributed by atoms with Crippen LogP contribution in [0, 0.1) is 0 Å². The lowest BCUT2D eigenvalue weighted by atomic mass is 10.1. The van der Waals surface area contributed by atoms with Gasteiger partial charge in [0.2, 0.25) is 0 Å². The molecule has 2 nitrogen and oxygen atoms in total. The molecule has 15 heavy (non-hydrogen) atoms. The van der Waals surface area contributed by atoms with Gasteiger partial charge in [0.25, 0.3) is 0 Å². The van der Waals surface area contributed by atoms with Crippen molar-refractivity contribution in [3.63, 3.8) is 0 Å². The summed E-state index contributed by atoms with van der Waals surface area (Å²) in [5.74, 6) is -0.900. The highest BCUT2D eigenvalue weighted by atomic mass is 16.4. The van der Waals surface area contributed by atoms with E-state index in [0.29, 0.717) is 6.42 Å². The van der Waals surface area contributed by atoms with Crippen molar-refractivity contribution in [2.24, 2.45) is 0 Å². The second kappa shape index (κ2) is 9.50. The highest BCUT2D eigenvalue weighted by molar-refractivity contribution is 5.85. The summed E-state index contributed by atoms with van der Waals surface area (Å²) >= 11 is 0. The van der Waals surface area contributed by atoms with E-state index in [4.69, 9.17) is 5.11 Å². The first kappa shape index (κ1) is 13.9. The Kier molecular flexibility index (Phi) is 8.84. The zero-order valence-corrected chi connectivity index (χ0v) is 9.67. The number of hydrogen-bond donors (Lipinski definition) is 1. The van der Waals surface area contributed by atoms with E-state index < -0.39 is 5.97 Å². The van der Waals surface area contributed by atoms with Crippen LogP contribution in [0.3, 0.4) is 0 Å². The molecule has 0 aromatic carbocycles. The van der Waals surface area contributed by atoms with Crippen LogP contribution in [0.5, 0.6) is 0 Å². The third kappa shape index (κ3) is 9.26. The quantitative estimate of drug-likeness (QED) is 0.355. The number of carboxylic acids is 1. The number of aliphatic carboxylic acids is 1. The SMILES string of the molecule is C=C(CC=CCCCCCCC)C(=O)O. The Morgan fingerprint density at radius 1 is 1.20 bits per heavy atom. The third-order valence-electron chi connectivity index (χ3n) is 2.31. The molecule has 0 unspecified atom stereocenters. The van der Waals surface area contributed by atoms with Gasteiger partial charge in [0.05, 0.1) is 0 Å². The molecular weight excluding hydrogens is 188 g/mol. The number of unbranched alkanes of at least 4 members (excludes halogenated alkanes) is 5. The van der Waals surface area contributed by atoms with Crippen LogP contribution in [-0.2, 0) is 4.79 Å². The van der Waals surface area contributed by atoms with Gasteiger partial charge in [-0.25, -0.2) is 4.79 Å². The summed E-state index contributed by atoms with van der Waals surface area (Å²) < 4.78 is 0. The fourth-order valence-corrected chi connectivity index (χ4v) is 1.30. The smallest absolute Gasteiger partial charge is 0.331 e. The molecule has 86 valence electrons. The predicted octanol–water partition coefficient (Wildman–Crippen LogP) is 3.93. The topological polar surface area (TPSA) is 37.3 Å². The largest absolute Gasteiger partial charge is 0.478 e. The highest BCUT2D eigenvalue weighted by Gasteiger charge is 1.99. The molecule has 0 heterocycles. The first-order valence-electron chi connectivity index (χ1n) is 5.74. The summed E-state index contributed by atoms with van der Waals surface area (Å²) in [6.45, 7) is 5.67. The summed E-state index contributed by atoms with van der Waals surface area (Å²) in [5, 5.41) is 8.55. The van der Waals surface area contributed by atoms with Gasteiger partial charge in [0.15, 0.2) is 0 Å². The van der Waals surface area contributed by atoms with Gasteiger partial charge in [-0.1, -0.05) is 51.3 Å². The van der Waals surface area contributed by atoms with E-state index in [1.807, 2.05) is 6.08 Å². The molecule has 0 aliphatic heterocycles. The minimum Gasteiger partial charge on any atom is -0.478 e. The predicted molar refractivity (Wildman–Crippen MR) is 63.9 cm³/mol. The van der Waals surface area contributed by atoms with Gasteiger partial charge in [0.1, 0.15) is 0 Å². The van der Waals surface area contributed by atoms with Crippen LogP contribution in [0.4, 0.5) is 0 Å². The number of carbonyl (C=O) groups is 1. The molecule has 0 aliphatic carbocycles. The minimum absolute atomic E-state index is 0.261. The van der Waals surface area contributed by atoms with Crippen LogP contribution in [-0.4, -0.2) is 11.1 Å². The van der Waals surface area contributed by atoms with E-state index in [0.717, 1.165) is 6.42 Å². The second-order valence-electron chi connectivity index (χ2n) is 3.79. The second-order valence-corrected chi connectivity index (χ2v) is 3.79. The summed E-state index contributed by atoms with van der Waals surface area (Å²) in [6.07, 6.45) is 11.9. The molecule has 0 spiro atoms. The Morgan fingerprint density at radius 3 is 2.47 bits per heavy atom. The molecule has 0 saturated carbocycles. The molecule has 0 saturated heterocycles. The minimum atomic E-state index is -0.900. The number of rotatable bonds is 9. The average Bonchev–Trinajstić information content (AvgIpc) is 2.21. The summed E-state index contributed by atoms with van der Waals surface area (Å²) in [7, 11) is 0. The zero-order chi connectivity index (χ0) is 11.5. The zero-order valence-electron chi connectivity index (χ0n) is 9.67. The van der Waals surface area contributed by atoms with Gasteiger partial charge in [-0.05, 0) is 19.3 Å². The fraction of sp³-hybridized carbons (Fsp3) is 0.615. The fourth-order valence-electron chi connectivity index (χ4n) is 1.30. The van der Waals surface area contributed by atoms with Crippen molar-refractivity contribution in [3.05, 3.63) is 24.3 Å². The van der Waals surface area contributed by atoms with Crippen molar-refractivity contribution < 1.29 is 9.90 Å². The highest BCUT2D eigenvalue weighted by Crippen LogP contribution is 2.06. The number of carboxylic acid groups (broad SMARTS) is 1. The molecular formula is C13H22O2. The molecule has 0 aliphatic rings. The lowest BCUT2D eigenvalue weighted by Crippen LogP contribution is -1.96. The standard InChI is InChI=1S/C13H22O2/c1-3-4-5-6-7-8-9-10-11-12(2)13(14)15/h9-10H,2-8,11H2,1H3,(H,14,15). The Bertz CT molecular complexity index is 217. The molecule has 0 rings (SSSR count). The first-order valence-corrected chi connectivity index (χ1v) is 5.74. The first-order chi connectivity index (χ1) is 7.18. The van der Waals surface area contributed by atoms with Gasteiger partial charge < -0.3 is 5.11 Å². The summed E-state index contributed by atoms with van der Waals surface area (Å²) in [6, 6.07) is 0. The van der Waals surface area contributed by atoms with Crippen LogP contribution < -0.4 is 0 Å². The van der Waals surface area contributed by atoms with Gasteiger partial charge >= 0.3 is 5.97 Å². The lowest BCUT2D eigenvalue weighted by molar-refractivity contribution is -0.132. The molecule has 0 bridgehead atoms. The summed E-state index contributed by atoms with van der Waals surface area (Å²) in [5.41, 5.74) is 0.261. The molecule has 0 amide bonds. The van der Waals surface area contributed by atoms with E-state index in [-0.39, 0.29) is 5.57 Å². The maximum atomic E-state index is 10.4. The van der Waals surface area contributed by atoms with Gasteiger partial charge in [-0.2, -0.15) is 0 Å². The monoisotopic (exact) mass is 210 g/mol. The number of hydrogen-bond acceptors (Lipinski definition) is 1. The van der Waals surface area contributed by atoms with Gasteiger partial charge in [-0.3, -0.25) is 0 Å². The molecule has 0 radical (unpaired) electrons. The van der Waals surface area contributed by atoms with Crippen molar-refractivity contribution in [2.45, 2.75) is 51.9 Å². The van der Waals surface area contributed by atoms with Crippen LogP contribution in [0.2, 0.25) is 0 Å². The maximum Gasteiger partial charge on any atom is 0.331 e. The Morgan fingerprint density at radius 2 is 1.87 bits per heavy atom. The number of allylic oxidation sites excluding steroid dienone is 2. The van der Waals surface area contributed by atoms with Crippen molar-refractivity contribution >= 4 is 5.97 Å². The van der Waals surface area contributed by atoms with Crippen LogP contribution in [0.25, 0.3) is 0 Å². The van der Waals surface area contributed by atoms with E-state index in [1.165, 1.54) is 32.1 Å². The van der Waals surface area contributed by atoms with E-state index in [2.05, 4.69) is 19.6 Å². The van der Waals surface area contributed by atoms with Gasteiger partial charge in [-0.15, -0.1) is 0 Å². The van der Waals surface area contributed by atoms with Crippen molar-refractivity contribution in [1.29, 1.82) is 0 Å². The Balaban J connectivity index is 3.32. The van der Waals surface area contributed by atoms with E-state index in [1.54, 1.807) is 0 Å². The van der Waals surface area contributed by atoms with Crippen molar-refractivity contribution in [3.8, 4) is 0 Å². The van der Waals surface area contributed by atoms with Crippen LogP contribution in [0.15, 0.2) is 24.3 Å². The van der Waals surface area contributed by atoms with Crippen molar-refractivity contribution in [1.82, 2.24) is 0 Å². The molecule has 0 fully saturated rings.